The maximum absolute atomic E-state index is 12.3. The molecule has 0 saturated carbocycles. The van der Waals surface area contributed by atoms with E-state index >= 15 is 0 Å². The highest BCUT2D eigenvalue weighted by Gasteiger charge is 2.31. The van der Waals surface area contributed by atoms with Gasteiger partial charge in [0.1, 0.15) is 12.4 Å². The van der Waals surface area contributed by atoms with Gasteiger partial charge in [0.25, 0.3) is 0 Å². The third-order valence-corrected chi connectivity index (χ3v) is 1.97. The van der Waals surface area contributed by atoms with Crippen LogP contribution in [0, 0.1) is 6.92 Å². The van der Waals surface area contributed by atoms with E-state index in [2.05, 4.69) is 4.98 Å². The van der Waals surface area contributed by atoms with E-state index in [-0.39, 0.29) is 19.0 Å². The molecule has 0 atom stereocenters. The van der Waals surface area contributed by atoms with Gasteiger partial charge in [-0.25, -0.2) is 4.98 Å². The van der Waals surface area contributed by atoms with E-state index in [1.165, 1.54) is 6.20 Å². The van der Waals surface area contributed by atoms with E-state index in [0.717, 1.165) is 10.5 Å². The minimum Gasteiger partial charge on any atom is -0.395 e. The van der Waals surface area contributed by atoms with Gasteiger partial charge >= 0.3 is 6.18 Å². The molecule has 0 saturated heterocycles. The fourth-order valence-corrected chi connectivity index (χ4v) is 1.30. The summed E-state index contributed by atoms with van der Waals surface area (Å²) in [5, 5.41) is 8.73. The summed E-state index contributed by atoms with van der Waals surface area (Å²) in [6.45, 7) is 0.238. The van der Waals surface area contributed by atoms with Crippen molar-refractivity contribution in [3.63, 3.8) is 0 Å². The van der Waals surface area contributed by atoms with Crippen molar-refractivity contribution in [1.29, 1.82) is 0 Å². The predicted molar refractivity (Wildman–Crippen MR) is 54.3 cm³/mol. The number of aliphatic hydroxyl groups excluding tert-OH is 1. The van der Waals surface area contributed by atoms with Crippen molar-refractivity contribution in [3.8, 4) is 0 Å². The average molecular weight is 234 g/mol. The third kappa shape index (κ3) is 4.06. The van der Waals surface area contributed by atoms with Gasteiger partial charge in [-0.1, -0.05) is 0 Å². The molecule has 1 N–H and O–H groups in total. The normalized spacial score (nSPS) is 11.6. The van der Waals surface area contributed by atoms with Crippen LogP contribution in [0.5, 0.6) is 0 Å². The van der Waals surface area contributed by atoms with Crippen LogP contribution < -0.4 is 4.90 Å². The number of alkyl halides is 3. The van der Waals surface area contributed by atoms with Crippen molar-refractivity contribution in [1.82, 2.24) is 4.98 Å². The first kappa shape index (κ1) is 12.8. The van der Waals surface area contributed by atoms with Gasteiger partial charge in [0.15, 0.2) is 0 Å². The zero-order valence-electron chi connectivity index (χ0n) is 8.83. The number of hydrogen-bond acceptors (Lipinski definition) is 3. The van der Waals surface area contributed by atoms with Crippen LogP contribution in [0.4, 0.5) is 19.0 Å². The Hall–Kier alpha value is -1.30. The van der Waals surface area contributed by atoms with Gasteiger partial charge in [0.2, 0.25) is 0 Å². The molecule has 0 aromatic carbocycles. The van der Waals surface area contributed by atoms with E-state index < -0.39 is 12.7 Å². The van der Waals surface area contributed by atoms with Gasteiger partial charge < -0.3 is 10.0 Å². The van der Waals surface area contributed by atoms with Crippen LogP contribution in [0.3, 0.4) is 0 Å². The van der Waals surface area contributed by atoms with E-state index in [9.17, 15) is 13.2 Å². The molecular formula is C10H13F3N2O. The number of aromatic nitrogens is 1. The van der Waals surface area contributed by atoms with E-state index in [1.807, 2.05) is 0 Å². The molecule has 3 nitrogen and oxygen atoms in total. The lowest BCUT2D eigenvalue weighted by Gasteiger charge is -2.24. The molecule has 6 heteroatoms. The SMILES string of the molecule is Cc1ccnc(N(CCO)CC(F)(F)F)c1. The second kappa shape index (κ2) is 5.16. The third-order valence-electron chi connectivity index (χ3n) is 1.97. The Kier molecular flexibility index (Phi) is 4.12. The quantitative estimate of drug-likeness (QED) is 0.862. The van der Waals surface area contributed by atoms with Gasteiger partial charge in [0, 0.05) is 12.7 Å². The van der Waals surface area contributed by atoms with Crippen LogP contribution >= 0.6 is 0 Å². The molecule has 0 spiro atoms. The molecule has 0 unspecified atom stereocenters. The number of pyridine rings is 1. The number of aliphatic hydroxyl groups is 1. The smallest absolute Gasteiger partial charge is 0.395 e. The number of nitrogens with zero attached hydrogens (tertiary/aromatic N) is 2. The Bertz CT molecular complexity index is 341. The number of anilines is 1. The fourth-order valence-electron chi connectivity index (χ4n) is 1.30. The molecule has 1 aromatic rings. The van der Waals surface area contributed by atoms with Gasteiger partial charge in [0.05, 0.1) is 6.61 Å². The zero-order chi connectivity index (χ0) is 12.2. The average Bonchev–Trinajstić information content (AvgIpc) is 2.15. The van der Waals surface area contributed by atoms with Crippen LogP contribution in [0.1, 0.15) is 5.56 Å². The lowest BCUT2D eigenvalue weighted by Crippen LogP contribution is -2.36. The van der Waals surface area contributed by atoms with E-state index in [1.54, 1.807) is 19.1 Å². The number of hydrogen-bond donors (Lipinski definition) is 1. The van der Waals surface area contributed by atoms with Crippen LogP contribution in [0.25, 0.3) is 0 Å². The number of halogens is 3. The molecule has 0 aliphatic carbocycles. The summed E-state index contributed by atoms with van der Waals surface area (Å²) in [6, 6.07) is 3.26. The minimum absolute atomic E-state index is 0.0873. The molecule has 0 aliphatic rings. The van der Waals surface area contributed by atoms with Crippen LogP contribution in [-0.2, 0) is 0 Å². The van der Waals surface area contributed by atoms with Crippen molar-refractivity contribution in [2.75, 3.05) is 24.6 Å². The van der Waals surface area contributed by atoms with Crippen molar-refractivity contribution in [2.24, 2.45) is 0 Å². The first-order chi connectivity index (χ1) is 7.42. The highest BCUT2D eigenvalue weighted by molar-refractivity contribution is 5.40. The lowest BCUT2D eigenvalue weighted by molar-refractivity contribution is -0.120. The summed E-state index contributed by atoms with van der Waals surface area (Å²) in [5.74, 6) is 0.228. The largest absolute Gasteiger partial charge is 0.405 e. The molecule has 0 aliphatic heterocycles. The van der Waals surface area contributed by atoms with E-state index in [0.29, 0.717) is 0 Å². The molecule has 1 rings (SSSR count). The minimum atomic E-state index is -4.30. The standard InChI is InChI=1S/C10H13F3N2O/c1-8-2-3-14-9(6-8)15(4-5-16)7-10(11,12)13/h2-3,6,16H,4-5,7H2,1H3. The fraction of sp³-hybridized carbons (Fsp3) is 0.500. The molecular weight excluding hydrogens is 221 g/mol. The molecule has 0 radical (unpaired) electrons. The molecule has 0 bridgehead atoms. The van der Waals surface area contributed by atoms with Gasteiger partial charge in [-0.3, -0.25) is 0 Å². The second-order valence-corrected chi connectivity index (χ2v) is 3.45. The van der Waals surface area contributed by atoms with Crippen LogP contribution in [-0.4, -0.2) is 36.0 Å². The summed E-state index contributed by atoms with van der Waals surface area (Å²) in [7, 11) is 0. The summed E-state index contributed by atoms with van der Waals surface area (Å²) in [5.41, 5.74) is 0.829. The topological polar surface area (TPSA) is 36.4 Å². The Morgan fingerprint density at radius 1 is 1.44 bits per heavy atom. The molecule has 1 aromatic heterocycles. The van der Waals surface area contributed by atoms with Gasteiger partial charge in [-0.15, -0.1) is 0 Å². The zero-order valence-corrected chi connectivity index (χ0v) is 8.83. The first-order valence-electron chi connectivity index (χ1n) is 4.77. The van der Waals surface area contributed by atoms with Gasteiger partial charge in [-0.2, -0.15) is 13.2 Å². The Balaban J connectivity index is 2.85. The van der Waals surface area contributed by atoms with Crippen molar-refractivity contribution < 1.29 is 18.3 Å². The number of aryl methyl sites for hydroxylation is 1. The first-order valence-corrected chi connectivity index (χ1v) is 4.77. The molecule has 1 heterocycles. The summed E-state index contributed by atoms with van der Waals surface area (Å²) in [6.07, 6.45) is -2.86. The summed E-state index contributed by atoms with van der Waals surface area (Å²) >= 11 is 0. The molecule has 90 valence electrons. The number of rotatable bonds is 4. The van der Waals surface area contributed by atoms with E-state index in [4.69, 9.17) is 5.11 Å². The monoisotopic (exact) mass is 234 g/mol. The summed E-state index contributed by atoms with van der Waals surface area (Å²) in [4.78, 5) is 4.86. The lowest BCUT2D eigenvalue weighted by atomic mass is 10.3. The second-order valence-electron chi connectivity index (χ2n) is 3.45. The predicted octanol–water partition coefficient (Wildman–Crippen LogP) is 1.75. The molecule has 0 fully saturated rings. The Morgan fingerprint density at radius 2 is 2.12 bits per heavy atom. The van der Waals surface area contributed by atoms with Crippen molar-refractivity contribution in [2.45, 2.75) is 13.1 Å². The Morgan fingerprint density at radius 3 is 2.62 bits per heavy atom. The molecule has 0 amide bonds. The molecule has 16 heavy (non-hydrogen) atoms. The maximum atomic E-state index is 12.3. The maximum Gasteiger partial charge on any atom is 0.405 e. The Labute approximate surface area is 91.5 Å². The highest BCUT2D eigenvalue weighted by Crippen LogP contribution is 2.20. The van der Waals surface area contributed by atoms with Gasteiger partial charge in [-0.05, 0) is 24.6 Å². The summed E-state index contributed by atoms with van der Waals surface area (Å²) < 4.78 is 36.8. The van der Waals surface area contributed by atoms with Crippen molar-refractivity contribution in [3.05, 3.63) is 23.9 Å². The van der Waals surface area contributed by atoms with Crippen LogP contribution in [0.15, 0.2) is 18.3 Å². The van der Waals surface area contributed by atoms with Crippen molar-refractivity contribution >= 4 is 5.82 Å². The van der Waals surface area contributed by atoms with Crippen LogP contribution in [0.2, 0.25) is 0 Å². The highest BCUT2D eigenvalue weighted by atomic mass is 19.4.